The Kier molecular flexibility index (Phi) is 3.24. The molecule has 3 aromatic rings. The molecular weight excluding hydrogens is 284 g/mol. The van der Waals surface area contributed by atoms with Gasteiger partial charge >= 0.3 is 0 Å². The number of thiophene rings is 1. The van der Waals surface area contributed by atoms with Gasteiger partial charge in [0.05, 0.1) is 16.3 Å². The highest BCUT2D eigenvalue weighted by Crippen LogP contribution is 2.30. The number of fused-ring (bicyclic) bond motifs is 1. The van der Waals surface area contributed by atoms with Crippen LogP contribution in [-0.4, -0.2) is 4.98 Å². The minimum atomic E-state index is 0.271. The number of aromatic nitrogens is 1. The Morgan fingerprint density at radius 2 is 2.22 bits per heavy atom. The van der Waals surface area contributed by atoms with Crippen molar-refractivity contribution in [2.75, 3.05) is 5.32 Å². The number of nitrogens with zero attached hydrogens (tertiary/aromatic N) is 1. The Balaban J connectivity index is 1.86. The molecule has 0 amide bonds. The third kappa shape index (κ3) is 2.36. The zero-order chi connectivity index (χ0) is 12.5. The molecule has 2 nitrogen and oxygen atoms in total. The van der Waals surface area contributed by atoms with Crippen LogP contribution >= 0.6 is 34.3 Å². The molecule has 1 unspecified atom stereocenters. The van der Waals surface area contributed by atoms with Crippen molar-refractivity contribution in [1.82, 2.24) is 4.98 Å². The molecule has 1 aromatic carbocycles. The summed E-state index contributed by atoms with van der Waals surface area (Å²) in [4.78, 5) is 4.55. The second-order valence-corrected chi connectivity index (χ2v) is 6.30. The van der Waals surface area contributed by atoms with Crippen LogP contribution in [0.2, 0.25) is 5.02 Å². The first kappa shape index (κ1) is 12.0. The number of hydrogen-bond acceptors (Lipinski definition) is 4. The molecule has 2 heterocycles. The predicted octanol–water partition coefficient (Wildman–Crippen LogP) is 5.18. The summed E-state index contributed by atoms with van der Waals surface area (Å²) in [6, 6.07) is 8.21. The predicted molar refractivity (Wildman–Crippen MR) is 81.0 cm³/mol. The third-order valence-electron chi connectivity index (χ3n) is 2.73. The molecule has 0 saturated carbocycles. The van der Waals surface area contributed by atoms with Crippen molar-refractivity contribution < 1.29 is 0 Å². The topological polar surface area (TPSA) is 24.9 Å². The van der Waals surface area contributed by atoms with Gasteiger partial charge in [-0.3, -0.25) is 0 Å². The van der Waals surface area contributed by atoms with Crippen LogP contribution in [0, 0.1) is 0 Å². The number of thiazole rings is 1. The van der Waals surface area contributed by atoms with Crippen LogP contribution in [0.25, 0.3) is 10.2 Å². The van der Waals surface area contributed by atoms with E-state index in [-0.39, 0.29) is 6.04 Å². The maximum atomic E-state index is 5.96. The Morgan fingerprint density at radius 1 is 1.33 bits per heavy atom. The summed E-state index contributed by atoms with van der Waals surface area (Å²) in [5, 5.41) is 9.33. The maximum Gasteiger partial charge on any atom is 0.184 e. The lowest BCUT2D eigenvalue weighted by molar-refractivity contribution is 0.888. The quantitative estimate of drug-likeness (QED) is 0.719. The van der Waals surface area contributed by atoms with Gasteiger partial charge in [0.25, 0.3) is 0 Å². The molecule has 18 heavy (non-hydrogen) atoms. The first-order valence-corrected chi connectivity index (χ1v) is 7.71. The second kappa shape index (κ2) is 4.88. The van der Waals surface area contributed by atoms with E-state index >= 15 is 0 Å². The van der Waals surface area contributed by atoms with Gasteiger partial charge in [-0.25, -0.2) is 4.98 Å². The highest BCUT2D eigenvalue weighted by Gasteiger charge is 2.09. The summed E-state index contributed by atoms with van der Waals surface area (Å²) in [7, 11) is 0. The van der Waals surface area contributed by atoms with Crippen molar-refractivity contribution in [2.24, 2.45) is 0 Å². The molecule has 2 aromatic heterocycles. The number of halogens is 1. The van der Waals surface area contributed by atoms with Crippen molar-refractivity contribution in [3.8, 4) is 0 Å². The number of anilines is 1. The first-order chi connectivity index (χ1) is 8.72. The minimum absolute atomic E-state index is 0.271. The van der Waals surface area contributed by atoms with E-state index < -0.39 is 0 Å². The number of benzene rings is 1. The van der Waals surface area contributed by atoms with E-state index in [0.717, 1.165) is 20.4 Å². The lowest BCUT2D eigenvalue weighted by atomic mass is 10.2. The fourth-order valence-corrected chi connectivity index (χ4v) is 3.61. The molecule has 1 N–H and O–H groups in total. The van der Waals surface area contributed by atoms with E-state index in [9.17, 15) is 0 Å². The van der Waals surface area contributed by atoms with E-state index in [4.69, 9.17) is 11.6 Å². The Bertz CT molecular complexity index is 661. The van der Waals surface area contributed by atoms with E-state index in [1.54, 1.807) is 22.7 Å². The standard InChI is InChI=1S/C13H11ClN2S2/c1-8(9-4-5-17-7-9)15-13-16-11-6-10(14)2-3-12(11)18-13/h2-8H,1H3,(H,15,16). The van der Waals surface area contributed by atoms with Crippen LogP contribution in [0.4, 0.5) is 5.13 Å². The lowest BCUT2D eigenvalue weighted by Gasteiger charge is -2.10. The normalized spacial score (nSPS) is 12.8. The van der Waals surface area contributed by atoms with Crippen molar-refractivity contribution in [3.05, 3.63) is 45.6 Å². The molecule has 0 spiro atoms. The van der Waals surface area contributed by atoms with Crippen LogP contribution in [-0.2, 0) is 0 Å². The molecule has 0 bridgehead atoms. The number of nitrogens with one attached hydrogen (secondary N) is 1. The number of rotatable bonds is 3. The summed E-state index contributed by atoms with van der Waals surface area (Å²) < 4.78 is 1.15. The average molecular weight is 295 g/mol. The summed E-state index contributed by atoms with van der Waals surface area (Å²) in [5.41, 5.74) is 2.24. The Morgan fingerprint density at radius 3 is 3.00 bits per heavy atom. The van der Waals surface area contributed by atoms with Crippen LogP contribution in [0.1, 0.15) is 18.5 Å². The van der Waals surface area contributed by atoms with Crippen molar-refractivity contribution >= 4 is 49.6 Å². The van der Waals surface area contributed by atoms with Gasteiger partial charge < -0.3 is 5.32 Å². The molecule has 92 valence electrons. The van der Waals surface area contributed by atoms with Crippen molar-refractivity contribution in [3.63, 3.8) is 0 Å². The summed E-state index contributed by atoms with van der Waals surface area (Å²) in [5.74, 6) is 0. The summed E-state index contributed by atoms with van der Waals surface area (Å²) in [6.07, 6.45) is 0. The Labute approximate surface area is 118 Å². The van der Waals surface area contributed by atoms with Gasteiger partial charge in [0, 0.05) is 5.02 Å². The Hall–Kier alpha value is -1.10. The van der Waals surface area contributed by atoms with Crippen LogP contribution in [0.3, 0.4) is 0 Å². The van der Waals surface area contributed by atoms with Gasteiger partial charge in [0.15, 0.2) is 5.13 Å². The van der Waals surface area contributed by atoms with Gasteiger partial charge in [-0.15, -0.1) is 0 Å². The van der Waals surface area contributed by atoms with E-state index in [2.05, 4.69) is 34.1 Å². The van der Waals surface area contributed by atoms with E-state index in [0.29, 0.717) is 0 Å². The van der Waals surface area contributed by atoms with Crippen LogP contribution in [0.15, 0.2) is 35.0 Å². The van der Waals surface area contributed by atoms with Crippen LogP contribution in [0.5, 0.6) is 0 Å². The second-order valence-electron chi connectivity index (χ2n) is 4.05. The minimum Gasteiger partial charge on any atom is -0.355 e. The molecule has 1 atom stereocenters. The molecule has 3 rings (SSSR count). The monoisotopic (exact) mass is 294 g/mol. The van der Waals surface area contributed by atoms with Gasteiger partial charge in [0.2, 0.25) is 0 Å². The van der Waals surface area contributed by atoms with Crippen molar-refractivity contribution in [2.45, 2.75) is 13.0 Å². The van der Waals surface area contributed by atoms with E-state index in [1.807, 2.05) is 18.2 Å². The van der Waals surface area contributed by atoms with E-state index in [1.165, 1.54) is 5.56 Å². The smallest absolute Gasteiger partial charge is 0.184 e. The average Bonchev–Trinajstić information content (AvgIpc) is 2.95. The summed E-state index contributed by atoms with van der Waals surface area (Å²) >= 11 is 9.33. The maximum absolute atomic E-state index is 5.96. The molecule has 0 radical (unpaired) electrons. The zero-order valence-electron chi connectivity index (χ0n) is 9.68. The lowest BCUT2D eigenvalue weighted by Crippen LogP contribution is -2.04. The SMILES string of the molecule is CC(Nc1nc2cc(Cl)ccc2s1)c1ccsc1. The molecule has 0 saturated heterocycles. The van der Waals surface area contributed by atoms with Crippen LogP contribution < -0.4 is 5.32 Å². The highest BCUT2D eigenvalue weighted by atomic mass is 35.5. The molecule has 5 heteroatoms. The molecular formula is C13H11ClN2S2. The largest absolute Gasteiger partial charge is 0.355 e. The molecule has 0 aliphatic carbocycles. The first-order valence-electron chi connectivity index (χ1n) is 5.57. The molecule has 0 aliphatic rings. The zero-order valence-corrected chi connectivity index (χ0v) is 12.1. The molecule has 0 fully saturated rings. The van der Waals surface area contributed by atoms with Gasteiger partial charge in [-0.1, -0.05) is 22.9 Å². The van der Waals surface area contributed by atoms with Gasteiger partial charge in [-0.2, -0.15) is 11.3 Å². The number of hydrogen-bond donors (Lipinski definition) is 1. The van der Waals surface area contributed by atoms with Crippen molar-refractivity contribution in [1.29, 1.82) is 0 Å². The summed E-state index contributed by atoms with van der Waals surface area (Å²) in [6.45, 7) is 2.14. The van der Waals surface area contributed by atoms with Gasteiger partial charge in [-0.05, 0) is 47.5 Å². The fraction of sp³-hybridized carbons (Fsp3) is 0.154. The van der Waals surface area contributed by atoms with Gasteiger partial charge in [0.1, 0.15) is 0 Å². The third-order valence-corrected chi connectivity index (χ3v) is 4.64. The highest BCUT2D eigenvalue weighted by molar-refractivity contribution is 7.22. The fourth-order valence-electron chi connectivity index (χ4n) is 1.75. The molecule has 0 aliphatic heterocycles.